The standard InChI is InChI=1S/C8H9NOS/c9-7(11)8(2-3-8)6-1-4-10-5-6/h1,4-5H,2-3H2,(H2,9,11). The highest BCUT2D eigenvalue weighted by Gasteiger charge is 2.47. The van der Waals surface area contributed by atoms with Crippen LogP contribution in [0.2, 0.25) is 0 Å². The van der Waals surface area contributed by atoms with Crippen molar-refractivity contribution in [3.63, 3.8) is 0 Å². The van der Waals surface area contributed by atoms with E-state index in [-0.39, 0.29) is 5.41 Å². The van der Waals surface area contributed by atoms with Crippen molar-refractivity contribution in [1.82, 2.24) is 0 Å². The quantitative estimate of drug-likeness (QED) is 0.680. The largest absolute Gasteiger partial charge is 0.472 e. The van der Waals surface area contributed by atoms with Gasteiger partial charge in [-0.05, 0) is 18.9 Å². The van der Waals surface area contributed by atoms with Crippen LogP contribution in [0.3, 0.4) is 0 Å². The number of rotatable bonds is 2. The summed E-state index contributed by atoms with van der Waals surface area (Å²) in [7, 11) is 0. The molecule has 1 saturated carbocycles. The first-order valence-corrected chi connectivity index (χ1v) is 3.99. The summed E-state index contributed by atoms with van der Waals surface area (Å²) in [6.07, 6.45) is 5.53. The number of nitrogens with two attached hydrogens (primary N) is 1. The van der Waals surface area contributed by atoms with Crippen molar-refractivity contribution in [3.8, 4) is 0 Å². The van der Waals surface area contributed by atoms with E-state index in [1.807, 2.05) is 6.07 Å². The third-order valence-electron chi connectivity index (χ3n) is 2.30. The number of hydrogen-bond acceptors (Lipinski definition) is 2. The monoisotopic (exact) mass is 167 g/mol. The lowest BCUT2D eigenvalue weighted by Crippen LogP contribution is -2.25. The molecule has 0 bridgehead atoms. The molecule has 2 N–H and O–H groups in total. The Labute approximate surface area is 70.4 Å². The Morgan fingerprint density at radius 2 is 2.36 bits per heavy atom. The van der Waals surface area contributed by atoms with Gasteiger partial charge >= 0.3 is 0 Å². The molecule has 1 fully saturated rings. The van der Waals surface area contributed by atoms with Crippen LogP contribution in [0.25, 0.3) is 0 Å². The third-order valence-corrected chi connectivity index (χ3v) is 2.69. The van der Waals surface area contributed by atoms with Crippen molar-refractivity contribution in [2.45, 2.75) is 18.3 Å². The molecule has 0 aromatic carbocycles. The second kappa shape index (κ2) is 2.08. The molecule has 0 aliphatic heterocycles. The topological polar surface area (TPSA) is 39.2 Å². The van der Waals surface area contributed by atoms with E-state index in [0.29, 0.717) is 4.99 Å². The van der Waals surface area contributed by atoms with Crippen molar-refractivity contribution in [1.29, 1.82) is 0 Å². The molecule has 2 nitrogen and oxygen atoms in total. The fourth-order valence-corrected chi connectivity index (χ4v) is 1.66. The molecular weight excluding hydrogens is 158 g/mol. The summed E-state index contributed by atoms with van der Waals surface area (Å²) in [6.45, 7) is 0. The van der Waals surface area contributed by atoms with Crippen LogP contribution >= 0.6 is 12.2 Å². The van der Waals surface area contributed by atoms with E-state index in [0.717, 1.165) is 18.4 Å². The molecule has 1 aromatic rings. The van der Waals surface area contributed by atoms with Gasteiger partial charge in [0, 0.05) is 11.0 Å². The van der Waals surface area contributed by atoms with Crippen LogP contribution in [0.15, 0.2) is 23.0 Å². The summed E-state index contributed by atoms with van der Waals surface area (Å²) >= 11 is 4.98. The first kappa shape index (κ1) is 6.85. The fraction of sp³-hybridized carbons (Fsp3) is 0.375. The van der Waals surface area contributed by atoms with Crippen LogP contribution in [0.1, 0.15) is 18.4 Å². The summed E-state index contributed by atoms with van der Waals surface area (Å²) < 4.78 is 4.98. The first-order valence-electron chi connectivity index (χ1n) is 3.58. The lowest BCUT2D eigenvalue weighted by atomic mass is 10.00. The van der Waals surface area contributed by atoms with Gasteiger partial charge in [0.15, 0.2) is 0 Å². The van der Waals surface area contributed by atoms with Crippen molar-refractivity contribution >= 4 is 17.2 Å². The summed E-state index contributed by atoms with van der Waals surface area (Å²) in [5.74, 6) is 0. The lowest BCUT2D eigenvalue weighted by Gasteiger charge is -2.08. The zero-order valence-electron chi connectivity index (χ0n) is 6.04. The normalized spacial score (nSPS) is 19.6. The molecule has 0 radical (unpaired) electrons. The molecule has 0 atom stereocenters. The van der Waals surface area contributed by atoms with Crippen molar-refractivity contribution in [2.24, 2.45) is 5.73 Å². The molecule has 11 heavy (non-hydrogen) atoms. The summed E-state index contributed by atoms with van der Waals surface area (Å²) in [4.78, 5) is 0.596. The zero-order chi connectivity index (χ0) is 7.90. The van der Waals surface area contributed by atoms with Crippen LogP contribution in [0.4, 0.5) is 0 Å². The summed E-state index contributed by atoms with van der Waals surface area (Å²) in [5, 5.41) is 0. The average molecular weight is 167 g/mol. The Bertz CT molecular complexity index is 274. The van der Waals surface area contributed by atoms with Gasteiger partial charge in [-0.1, -0.05) is 12.2 Å². The van der Waals surface area contributed by atoms with E-state index in [4.69, 9.17) is 22.4 Å². The van der Waals surface area contributed by atoms with Gasteiger partial charge in [0.05, 0.1) is 17.5 Å². The van der Waals surface area contributed by atoms with Gasteiger partial charge in [0.1, 0.15) is 0 Å². The molecule has 1 aliphatic rings. The van der Waals surface area contributed by atoms with E-state index in [1.54, 1.807) is 12.5 Å². The highest BCUT2D eigenvalue weighted by Crippen LogP contribution is 2.48. The van der Waals surface area contributed by atoms with Gasteiger partial charge in [-0.2, -0.15) is 0 Å². The highest BCUT2D eigenvalue weighted by molar-refractivity contribution is 7.80. The SMILES string of the molecule is NC(=S)C1(c2ccoc2)CC1. The second-order valence-electron chi connectivity index (χ2n) is 2.96. The predicted octanol–water partition coefficient (Wildman–Crippen LogP) is 1.60. The second-order valence-corrected chi connectivity index (χ2v) is 3.40. The molecule has 2 rings (SSSR count). The first-order chi connectivity index (χ1) is 5.26. The molecule has 0 spiro atoms. The third kappa shape index (κ3) is 0.878. The fourth-order valence-electron chi connectivity index (χ4n) is 1.34. The molecular formula is C8H9NOS. The van der Waals surface area contributed by atoms with Gasteiger partial charge in [-0.25, -0.2) is 0 Å². The van der Waals surface area contributed by atoms with E-state index < -0.39 is 0 Å². The van der Waals surface area contributed by atoms with Gasteiger partial charge < -0.3 is 10.2 Å². The molecule has 0 unspecified atom stereocenters. The number of furan rings is 1. The molecule has 1 aliphatic carbocycles. The van der Waals surface area contributed by atoms with Crippen molar-refractivity contribution in [2.75, 3.05) is 0 Å². The molecule has 0 saturated heterocycles. The Kier molecular flexibility index (Phi) is 1.29. The smallest absolute Gasteiger partial charge is 0.0944 e. The predicted molar refractivity (Wildman–Crippen MR) is 46.4 cm³/mol. The van der Waals surface area contributed by atoms with Gasteiger partial charge in [0.25, 0.3) is 0 Å². The Morgan fingerprint density at radius 1 is 1.64 bits per heavy atom. The summed E-state index contributed by atoms with van der Waals surface area (Å²) in [6, 6.07) is 1.94. The van der Waals surface area contributed by atoms with Crippen molar-refractivity contribution < 1.29 is 4.42 Å². The molecule has 58 valence electrons. The maximum absolute atomic E-state index is 5.61. The molecule has 0 amide bonds. The number of hydrogen-bond donors (Lipinski definition) is 1. The zero-order valence-corrected chi connectivity index (χ0v) is 6.86. The van der Waals surface area contributed by atoms with E-state index in [1.165, 1.54) is 0 Å². The minimum absolute atomic E-state index is 0.0116. The minimum Gasteiger partial charge on any atom is -0.472 e. The van der Waals surface area contributed by atoms with Crippen LogP contribution in [-0.4, -0.2) is 4.99 Å². The van der Waals surface area contributed by atoms with E-state index in [2.05, 4.69) is 0 Å². The van der Waals surface area contributed by atoms with Crippen LogP contribution < -0.4 is 5.73 Å². The average Bonchev–Trinajstić information content (AvgIpc) is 2.61. The Balaban J connectivity index is 2.36. The van der Waals surface area contributed by atoms with E-state index in [9.17, 15) is 0 Å². The lowest BCUT2D eigenvalue weighted by molar-refractivity contribution is 0.562. The molecule has 1 aromatic heterocycles. The van der Waals surface area contributed by atoms with E-state index >= 15 is 0 Å². The highest BCUT2D eigenvalue weighted by atomic mass is 32.1. The minimum atomic E-state index is -0.0116. The summed E-state index contributed by atoms with van der Waals surface area (Å²) in [5.41, 5.74) is 6.73. The van der Waals surface area contributed by atoms with Gasteiger partial charge in [-0.3, -0.25) is 0 Å². The molecule has 1 heterocycles. The van der Waals surface area contributed by atoms with Gasteiger partial charge in [0.2, 0.25) is 0 Å². The maximum atomic E-state index is 5.61. The number of thiocarbonyl (C=S) groups is 1. The van der Waals surface area contributed by atoms with Crippen molar-refractivity contribution in [3.05, 3.63) is 24.2 Å². The Morgan fingerprint density at radius 3 is 2.73 bits per heavy atom. The molecule has 3 heteroatoms. The maximum Gasteiger partial charge on any atom is 0.0944 e. The van der Waals surface area contributed by atoms with Gasteiger partial charge in [-0.15, -0.1) is 0 Å². The van der Waals surface area contributed by atoms with Crippen LogP contribution in [0.5, 0.6) is 0 Å². The van der Waals surface area contributed by atoms with Crippen LogP contribution in [-0.2, 0) is 5.41 Å². The Hall–Kier alpha value is -0.830. The van der Waals surface area contributed by atoms with Crippen LogP contribution in [0, 0.1) is 0 Å².